The molecule has 128 valence electrons. The van der Waals surface area contributed by atoms with E-state index in [9.17, 15) is 5.11 Å². The Morgan fingerprint density at radius 2 is 1.80 bits per heavy atom. The quantitative estimate of drug-likeness (QED) is 0.652. The highest BCUT2D eigenvalue weighted by Gasteiger charge is 2.14. The van der Waals surface area contributed by atoms with Gasteiger partial charge in [-0.25, -0.2) is 0 Å². The van der Waals surface area contributed by atoms with Crippen molar-refractivity contribution in [3.05, 3.63) is 83.8 Å². The second-order valence-electron chi connectivity index (χ2n) is 5.86. The lowest BCUT2D eigenvalue weighted by atomic mass is 10.2. The van der Waals surface area contributed by atoms with Crippen molar-refractivity contribution in [2.24, 2.45) is 0 Å². The number of hydrogen-bond donors (Lipinski definition) is 2. The second kappa shape index (κ2) is 7.85. The van der Waals surface area contributed by atoms with Crippen molar-refractivity contribution < 1.29 is 9.52 Å². The first kappa shape index (κ1) is 17.0. The van der Waals surface area contributed by atoms with Gasteiger partial charge in [0.15, 0.2) is 5.11 Å². The summed E-state index contributed by atoms with van der Waals surface area (Å²) in [4.78, 5) is 1.96. The minimum atomic E-state index is 0.255. The van der Waals surface area contributed by atoms with E-state index in [0.29, 0.717) is 18.2 Å². The number of phenols is 1. The van der Waals surface area contributed by atoms with Gasteiger partial charge in [-0.2, -0.15) is 0 Å². The highest BCUT2D eigenvalue weighted by molar-refractivity contribution is 7.80. The normalized spacial score (nSPS) is 10.4. The minimum absolute atomic E-state index is 0.255. The Hall–Kier alpha value is -2.79. The van der Waals surface area contributed by atoms with Gasteiger partial charge < -0.3 is 19.7 Å². The number of aryl methyl sites for hydroxylation is 1. The predicted molar refractivity (Wildman–Crippen MR) is 103 cm³/mol. The van der Waals surface area contributed by atoms with Gasteiger partial charge in [0.25, 0.3) is 0 Å². The molecule has 0 bridgehead atoms. The number of rotatable bonds is 5. The molecule has 1 heterocycles. The van der Waals surface area contributed by atoms with E-state index in [0.717, 1.165) is 17.0 Å². The largest absolute Gasteiger partial charge is 0.508 e. The molecule has 0 radical (unpaired) electrons. The molecule has 0 aliphatic carbocycles. The van der Waals surface area contributed by atoms with E-state index < -0.39 is 0 Å². The molecule has 0 aliphatic heterocycles. The molecular formula is C20H20N2O2S. The van der Waals surface area contributed by atoms with Crippen LogP contribution in [0.2, 0.25) is 0 Å². The minimum Gasteiger partial charge on any atom is -0.508 e. The van der Waals surface area contributed by atoms with E-state index in [-0.39, 0.29) is 5.75 Å². The van der Waals surface area contributed by atoms with Crippen molar-refractivity contribution in [1.82, 2.24) is 4.90 Å². The van der Waals surface area contributed by atoms with Crippen LogP contribution in [0, 0.1) is 6.92 Å². The summed E-state index contributed by atoms with van der Waals surface area (Å²) in [5.41, 5.74) is 2.93. The standard InChI is InChI=1S/C20H20N2O2S/c1-15-8-10-17(11-9-15)21-20(25)22(14-18-6-4-12-24-18)13-16-5-2-3-7-19(16)23/h2-12,23H,13-14H2,1H3,(H,21,25). The molecular weight excluding hydrogens is 332 g/mol. The summed E-state index contributed by atoms with van der Waals surface area (Å²) < 4.78 is 5.46. The fourth-order valence-electron chi connectivity index (χ4n) is 2.48. The Morgan fingerprint density at radius 1 is 1.04 bits per heavy atom. The van der Waals surface area contributed by atoms with Gasteiger partial charge >= 0.3 is 0 Å². The van der Waals surface area contributed by atoms with Crippen molar-refractivity contribution in [2.75, 3.05) is 5.32 Å². The summed E-state index contributed by atoms with van der Waals surface area (Å²) in [5.74, 6) is 1.06. The monoisotopic (exact) mass is 352 g/mol. The van der Waals surface area contributed by atoms with Crippen LogP contribution in [-0.4, -0.2) is 15.1 Å². The van der Waals surface area contributed by atoms with Crippen molar-refractivity contribution >= 4 is 23.0 Å². The summed E-state index contributed by atoms with van der Waals surface area (Å²) in [6.45, 7) is 3.04. The molecule has 0 unspecified atom stereocenters. The molecule has 0 saturated carbocycles. The molecule has 0 saturated heterocycles. The van der Waals surface area contributed by atoms with Crippen molar-refractivity contribution in [2.45, 2.75) is 20.0 Å². The maximum Gasteiger partial charge on any atom is 0.174 e. The van der Waals surface area contributed by atoms with E-state index in [4.69, 9.17) is 16.6 Å². The zero-order valence-corrected chi connectivity index (χ0v) is 14.8. The third-order valence-corrected chi connectivity index (χ3v) is 4.23. The number of furan rings is 1. The molecule has 0 atom stereocenters. The van der Waals surface area contributed by atoms with Crippen LogP contribution >= 0.6 is 12.2 Å². The lowest BCUT2D eigenvalue weighted by Gasteiger charge is -2.25. The van der Waals surface area contributed by atoms with Crippen molar-refractivity contribution in [3.63, 3.8) is 0 Å². The first-order valence-electron chi connectivity index (χ1n) is 8.03. The number of phenolic OH excluding ortho intramolecular Hbond substituents is 1. The summed E-state index contributed by atoms with van der Waals surface area (Å²) in [5, 5.41) is 13.9. The predicted octanol–water partition coefficient (Wildman–Crippen LogP) is 4.69. The molecule has 2 aromatic carbocycles. The number of hydrogen-bond acceptors (Lipinski definition) is 3. The third kappa shape index (κ3) is 4.61. The average Bonchev–Trinajstić information content (AvgIpc) is 3.11. The summed E-state index contributed by atoms with van der Waals surface area (Å²) in [7, 11) is 0. The second-order valence-corrected chi connectivity index (χ2v) is 6.25. The van der Waals surface area contributed by atoms with Gasteiger partial charge in [-0.05, 0) is 49.5 Å². The molecule has 0 fully saturated rings. The summed E-state index contributed by atoms with van der Waals surface area (Å²) in [6, 6.07) is 19.1. The summed E-state index contributed by atoms with van der Waals surface area (Å²) in [6.07, 6.45) is 1.64. The Morgan fingerprint density at radius 3 is 2.48 bits per heavy atom. The molecule has 0 aliphatic rings. The van der Waals surface area contributed by atoms with Gasteiger partial charge in [-0.15, -0.1) is 0 Å². The van der Waals surface area contributed by atoms with Crippen molar-refractivity contribution in [1.29, 1.82) is 0 Å². The average molecular weight is 352 g/mol. The van der Waals surface area contributed by atoms with E-state index in [1.54, 1.807) is 18.4 Å². The van der Waals surface area contributed by atoms with E-state index in [2.05, 4.69) is 5.32 Å². The maximum absolute atomic E-state index is 10.1. The smallest absolute Gasteiger partial charge is 0.174 e. The first-order chi connectivity index (χ1) is 12.1. The van der Waals surface area contributed by atoms with Crippen LogP contribution in [0.3, 0.4) is 0 Å². The van der Waals surface area contributed by atoms with Crippen LogP contribution in [0.1, 0.15) is 16.9 Å². The maximum atomic E-state index is 10.1. The van der Waals surface area contributed by atoms with Crippen molar-refractivity contribution in [3.8, 4) is 5.75 Å². The van der Waals surface area contributed by atoms with Crippen LogP contribution in [0.25, 0.3) is 0 Å². The number of thiocarbonyl (C=S) groups is 1. The highest BCUT2D eigenvalue weighted by Crippen LogP contribution is 2.20. The molecule has 25 heavy (non-hydrogen) atoms. The number of anilines is 1. The van der Waals surface area contributed by atoms with Crippen LogP contribution in [0.4, 0.5) is 5.69 Å². The lowest BCUT2D eigenvalue weighted by Crippen LogP contribution is -2.33. The third-order valence-electron chi connectivity index (χ3n) is 3.87. The van der Waals surface area contributed by atoms with Crippen LogP contribution in [0.15, 0.2) is 71.3 Å². The van der Waals surface area contributed by atoms with Crippen LogP contribution in [-0.2, 0) is 13.1 Å². The molecule has 3 aromatic rings. The number of benzene rings is 2. The zero-order valence-electron chi connectivity index (χ0n) is 14.0. The summed E-state index contributed by atoms with van der Waals surface area (Å²) >= 11 is 5.60. The van der Waals surface area contributed by atoms with Gasteiger partial charge in [0.1, 0.15) is 11.5 Å². The van der Waals surface area contributed by atoms with E-state index >= 15 is 0 Å². The lowest BCUT2D eigenvalue weighted by molar-refractivity contribution is 0.353. The van der Waals surface area contributed by atoms with Crippen LogP contribution in [0.5, 0.6) is 5.75 Å². The molecule has 1 aromatic heterocycles. The first-order valence-corrected chi connectivity index (χ1v) is 8.44. The number of nitrogens with one attached hydrogen (secondary N) is 1. The SMILES string of the molecule is Cc1ccc(NC(=S)N(Cc2ccco2)Cc2ccccc2O)cc1. The number of para-hydroxylation sites is 1. The Bertz CT molecular complexity index is 829. The topological polar surface area (TPSA) is 48.6 Å². The fourth-order valence-corrected chi connectivity index (χ4v) is 2.73. The zero-order chi connectivity index (χ0) is 17.6. The fraction of sp³-hybridized carbons (Fsp3) is 0.150. The van der Waals surface area contributed by atoms with Gasteiger partial charge in [0.2, 0.25) is 0 Å². The van der Waals surface area contributed by atoms with Gasteiger partial charge in [-0.3, -0.25) is 0 Å². The Labute approximate surface area is 152 Å². The van der Waals surface area contributed by atoms with Gasteiger partial charge in [0.05, 0.1) is 12.8 Å². The van der Waals surface area contributed by atoms with E-state index in [1.807, 2.05) is 60.4 Å². The molecule has 4 nitrogen and oxygen atoms in total. The molecule has 3 rings (SSSR count). The Kier molecular flexibility index (Phi) is 5.36. The number of aromatic hydroxyl groups is 1. The molecule has 5 heteroatoms. The van der Waals surface area contributed by atoms with Gasteiger partial charge in [0, 0.05) is 17.8 Å². The van der Waals surface area contributed by atoms with Crippen LogP contribution < -0.4 is 5.32 Å². The number of nitrogens with zero attached hydrogens (tertiary/aromatic N) is 1. The van der Waals surface area contributed by atoms with Gasteiger partial charge in [-0.1, -0.05) is 35.9 Å². The van der Waals surface area contributed by atoms with E-state index in [1.165, 1.54) is 5.56 Å². The molecule has 0 spiro atoms. The Balaban J connectivity index is 1.78. The highest BCUT2D eigenvalue weighted by atomic mass is 32.1. The molecule has 2 N–H and O–H groups in total. The molecule has 0 amide bonds.